The van der Waals surface area contributed by atoms with E-state index in [4.69, 9.17) is 16.3 Å². The molecule has 164 valence electrons. The van der Waals surface area contributed by atoms with E-state index in [1.165, 1.54) is 24.3 Å². The Bertz CT molecular complexity index is 1310. The van der Waals surface area contributed by atoms with Crippen molar-refractivity contribution in [1.29, 1.82) is 0 Å². The molecule has 4 nitrogen and oxygen atoms in total. The number of aryl methyl sites for hydroxylation is 1. The van der Waals surface area contributed by atoms with Gasteiger partial charge in [-0.25, -0.2) is 0 Å². The van der Waals surface area contributed by atoms with Gasteiger partial charge in [0.1, 0.15) is 18.1 Å². The highest BCUT2D eigenvalue weighted by Crippen LogP contribution is 2.26. The number of nitrogens with one attached hydrogen (secondary N) is 1. The number of aromatic amines is 1. The molecule has 0 fully saturated rings. The van der Waals surface area contributed by atoms with Gasteiger partial charge in [0.05, 0.1) is 0 Å². The molecule has 4 aromatic rings. The molecule has 0 aliphatic rings. The van der Waals surface area contributed by atoms with Gasteiger partial charge in [0.2, 0.25) is 0 Å². The lowest BCUT2D eigenvalue weighted by atomic mass is 10.0. The molecule has 1 N–H and O–H groups in total. The largest absolute Gasteiger partial charge is 0.573 e. The molecule has 0 saturated carbocycles. The molecular weight excluding hydrogens is 443 g/mol. The number of hydrogen-bond acceptors (Lipinski definition) is 3. The normalized spacial score (nSPS) is 11.5. The summed E-state index contributed by atoms with van der Waals surface area (Å²) in [6.45, 7) is 2.00. The SMILES string of the molecule is Cc1[nH]c2ccc(Cl)cc2c(=O)c1-c1ccc(OCc2ccc(OC(F)(F)F)cc2)cc1. The Labute approximate surface area is 186 Å². The maximum atomic E-state index is 13.0. The third-order valence-electron chi connectivity index (χ3n) is 4.86. The van der Waals surface area contributed by atoms with Crippen LogP contribution in [0, 0.1) is 6.92 Å². The van der Waals surface area contributed by atoms with Gasteiger partial charge in [-0.1, -0.05) is 35.9 Å². The molecule has 4 rings (SSSR count). The minimum absolute atomic E-state index is 0.117. The number of H-pyrrole nitrogens is 1. The van der Waals surface area contributed by atoms with E-state index >= 15 is 0 Å². The maximum absolute atomic E-state index is 13.0. The third-order valence-corrected chi connectivity index (χ3v) is 5.09. The Morgan fingerprint density at radius 1 is 0.938 bits per heavy atom. The fourth-order valence-corrected chi connectivity index (χ4v) is 3.57. The fraction of sp³-hybridized carbons (Fsp3) is 0.125. The second-order valence-electron chi connectivity index (χ2n) is 7.15. The summed E-state index contributed by atoms with van der Waals surface area (Å²) < 4.78 is 46.3. The van der Waals surface area contributed by atoms with Crippen LogP contribution in [-0.2, 0) is 6.61 Å². The number of hydrogen-bond donors (Lipinski definition) is 1. The summed E-state index contributed by atoms with van der Waals surface area (Å²) in [5.74, 6) is 0.269. The first-order valence-electron chi connectivity index (χ1n) is 9.60. The van der Waals surface area contributed by atoms with Gasteiger partial charge in [0.15, 0.2) is 5.43 Å². The highest BCUT2D eigenvalue weighted by atomic mass is 35.5. The van der Waals surface area contributed by atoms with Crippen molar-refractivity contribution in [3.8, 4) is 22.6 Å². The molecule has 0 aliphatic heterocycles. The van der Waals surface area contributed by atoms with Crippen molar-refractivity contribution in [1.82, 2.24) is 4.98 Å². The Morgan fingerprint density at radius 2 is 1.59 bits per heavy atom. The number of halogens is 4. The number of ether oxygens (including phenoxy) is 2. The minimum Gasteiger partial charge on any atom is -0.489 e. The molecule has 8 heteroatoms. The number of fused-ring (bicyclic) bond motifs is 1. The first-order valence-corrected chi connectivity index (χ1v) is 9.97. The van der Waals surface area contributed by atoms with Crippen molar-refractivity contribution in [2.75, 3.05) is 0 Å². The van der Waals surface area contributed by atoms with E-state index in [1.54, 1.807) is 42.5 Å². The first kappa shape index (κ1) is 21.8. The molecular formula is C24H17ClF3NO3. The molecule has 1 heterocycles. The fourth-order valence-electron chi connectivity index (χ4n) is 3.40. The molecule has 1 aromatic heterocycles. The van der Waals surface area contributed by atoms with Crippen LogP contribution in [0.3, 0.4) is 0 Å². The monoisotopic (exact) mass is 459 g/mol. The van der Waals surface area contributed by atoms with Gasteiger partial charge in [-0.05, 0) is 60.5 Å². The van der Waals surface area contributed by atoms with Crippen LogP contribution in [0.15, 0.2) is 71.5 Å². The average Bonchev–Trinajstić information content (AvgIpc) is 2.74. The van der Waals surface area contributed by atoms with Crippen molar-refractivity contribution >= 4 is 22.5 Å². The second kappa shape index (κ2) is 8.59. The van der Waals surface area contributed by atoms with Crippen molar-refractivity contribution in [2.24, 2.45) is 0 Å². The molecule has 0 spiro atoms. The van der Waals surface area contributed by atoms with Gasteiger partial charge in [-0.3, -0.25) is 4.79 Å². The number of pyridine rings is 1. The molecule has 0 unspecified atom stereocenters. The molecule has 0 bridgehead atoms. The van der Waals surface area contributed by atoms with Gasteiger partial charge < -0.3 is 14.5 Å². The van der Waals surface area contributed by atoms with Crippen LogP contribution in [0.5, 0.6) is 11.5 Å². The maximum Gasteiger partial charge on any atom is 0.573 e. The Balaban J connectivity index is 1.50. The smallest absolute Gasteiger partial charge is 0.489 e. The lowest BCUT2D eigenvalue weighted by Crippen LogP contribution is -2.17. The molecule has 3 aromatic carbocycles. The molecule has 0 amide bonds. The highest BCUT2D eigenvalue weighted by Gasteiger charge is 2.30. The van der Waals surface area contributed by atoms with Gasteiger partial charge in [0.25, 0.3) is 0 Å². The zero-order valence-electron chi connectivity index (χ0n) is 16.8. The quantitative estimate of drug-likeness (QED) is 0.364. The zero-order valence-corrected chi connectivity index (χ0v) is 17.6. The lowest BCUT2D eigenvalue weighted by Gasteiger charge is -2.11. The Morgan fingerprint density at radius 3 is 2.25 bits per heavy atom. The topological polar surface area (TPSA) is 51.3 Å². The van der Waals surface area contributed by atoms with Crippen LogP contribution in [0.1, 0.15) is 11.3 Å². The summed E-state index contributed by atoms with van der Waals surface area (Å²) in [6.07, 6.45) is -4.73. The van der Waals surface area contributed by atoms with E-state index in [2.05, 4.69) is 9.72 Å². The first-order chi connectivity index (χ1) is 15.2. The Kier molecular flexibility index (Phi) is 5.84. The summed E-state index contributed by atoms with van der Waals surface area (Å²) in [6, 6.07) is 17.6. The molecule has 0 saturated heterocycles. The predicted octanol–water partition coefficient (Wildman–Crippen LogP) is 6.63. The van der Waals surface area contributed by atoms with Crippen LogP contribution >= 0.6 is 11.6 Å². The third kappa shape index (κ3) is 4.89. The van der Waals surface area contributed by atoms with E-state index in [0.717, 1.165) is 11.3 Å². The summed E-state index contributed by atoms with van der Waals surface area (Å²) in [5, 5.41) is 0.996. The highest BCUT2D eigenvalue weighted by molar-refractivity contribution is 6.31. The summed E-state index contributed by atoms with van der Waals surface area (Å²) in [4.78, 5) is 16.3. The van der Waals surface area contributed by atoms with Gasteiger partial charge in [0, 0.05) is 27.2 Å². The van der Waals surface area contributed by atoms with Crippen LogP contribution in [0.25, 0.3) is 22.0 Å². The summed E-state index contributed by atoms with van der Waals surface area (Å²) >= 11 is 6.05. The Hall–Kier alpha value is -3.45. The van der Waals surface area contributed by atoms with Crippen molar-refractivity contribution in [2.45, 2.75) is 19.9 Å². The van der Waals surface area contributed by atoms with E-state index in [9.17, 15) is 18.0 Å². The predicted molar refractivity (Wildman–Crippen MR) is 117 cm³/mol. The van der Waals surface area contributed by atoms with Crippen LogP contribution in [0.4, 0.5) is 13.2 Å². The van der Waals surface area contributed by atoms with Gasteiger partial charge in [-0.2, -0.15) is 0 Å². The summed E-state index contributed by atoms with van der Waals surface area (Å²) in [7, 11) is 0. The van der Waals surface area contributed by atoms with Crippen molar-refractivity contribution < 1.29 is 22.6 Å². The minimum atomic E-state index is -4.73. The van der Waals surface area contributed by atoms with E-state index in [-0.39, 0.29) is 17.8 Å². The summed E-state index contributed by atoms with van der Waals surface area (Å²) in [5.41, 5.74) is 3.29. The molecule has 0 atom stereocenters. The zero-order chi connectivity index (χ0) is 22.9. The van der Waals surface area contributed by atoms with E-state index in [1.807, 2.05) is 6.92 Å². The van der Waals surface area contributed by atoms with Crippen molar-refractivity contribution in [3.63, 3.8) is 0 Å². The molecule has 0 radical (unpaired) electrons. The van der Waals surface area contributed by atoms with E-state index < -0.39 is 6.36 Å². The van der Waals surface area contributed by atoms with Crippen LogP contribution < -0.4 is 14.9 Å². The lowest BCUT2D eigenvalue weighted by molar-refractivity contribution is -0.274. The van der Waals surface area contributed by atoms with Gasteiger partial charge >= 0.3 is 6.36 Å². The second-order valence-corrected chi connectivity index (χ2v) is 7.59. The van der Waals surface area contributed by atoms with Crippen LogP contribution in [0.2, 0.25) is 5.02 Å². The number of aromatic nitrogens is 1. The van der Waals surface area contributed by atoms with Crippen LogP contribution in [-0.4, -0.2) is 11.3 Å². The standard InChI is InChI=1S/C24H17ClF3NO3/c1-14-22(23(30)20-12-17(25)6-11-21(20)29-14)16-4-9-18(10-5-16)31-13-15-2-7-19(8-3-15)32-24(26,27)28/h2-12H,13H2,1H3,(H,29,30). The van der Waals surface area contributed by atoms with Gasteiger partial charge in [-0.15, -0.1) is 13.2 Å². The van der Waals surface area contributed by atoms with Crippen molar-refractivity contribution in [3.05, 3.63) is 93.2 Å². The number of rotatable bonds is 5. The van der Waals surface area contributed by atoms with E-state index in [0.29, 0.717) is 32.8 Å². The molecule has 0 aliphatic carbocycles. The number of alkyl halides is 3. The average molecular weight is 460 g/mol. The molecule has 32 heavy (non-hydrogen) atoms. The number of benzene rings is 3.